The van der Waals surface area contributed by atoms with E-state index in [1.54, 1.807) is 6.07 Å². The molecule has 1 amide bonds. The Morgan fingerprint density at radius 3 is 2.55 bits per heavy atom. The van der Waals surface area contributed by atoms with Crippen molar-refractivity contribution in [2.75, 3.05) is 19.0 Å². The first-order chi connectivity index (χ1) is 13.8. The molecule has 0 fully saturated rings. The number of carbonyl (C=O) groups excluding carboxylic acids is 2. The maximum atomic E-state index is 12.3. The van der Waals surface area contributed by atoms with Gasteiger partial charge >= 0.3 is 5.97 Å². The Morgan fingerprint density at radius 1 is 1.17 bits per heavy atom. The number of amides is 1. The Hall–Kier alpha value is -3.62. The molecule has 0 unspecified atom stereocenters. The SMILES string of the molecule is COc1cc([N+](=O)[O-])ccc1NC(=O)[C@@H](C)OC(=O)CCOc1ccccc1C. The van der Waals surface area contributed by atoms with Gasteiger partial charge in [0.1, 0.15) is 11.5 Å². The van der Waals surface area contributed by atoms with Crippen LogP contribution in [0.25, 0.3) is 0 Å². The van der Waals surface area contributed by atoms with Crippen molar-refractivity contribution in [1.29, 1.82) is 0 Å². The first-order valence-corrected chi connectivity index (χ1v) is 8.83. The largest absolute Gasteiger partial charge is 0.494 e. The molecule has 0 saturated heterocycles. The maximum absolute atomic E-state index is 12.3. The lowest BCUT2D eigenvalue weighted by Crippen LogP contribution is -2.30. The van der Waals surface area contributed by atoms with Gasteiger partial charge in [0.2, 0.25) is 0 Å². The molecule has 154 valence electrons. The summed E-state index contributed by atoms with van der Waals surface area (Å²) in [5, 5.41) is 13.3. The highest BCUT2D eigenvalue weighted by Gasteiger charge is 2.20. The number of methoxy groups -OCH3 is 1. The summed E-state index contributed by atoms with van der Waals surface area (Å²) in [7, 11) is 1.33. The zero-order valence-corrected chi connectivity index (χ0v) is 16.3. The summed E-state index contributed by atoms with van der Waals surface area (Å²) >= 11 is 0. The second-order valence-corrected chi connectivity index (χ2v) is 6.13. The first kappa shape index (κ1) is 21.7. The number of aryl methyl sites for hydroxylation is 1. The van der Waals surface area contributed by atoms with Crippen molar-refractivity contribution in [1.82, 2.24) is 0 Å². The zero-order chi connectivity index (χ0) is 21.4. The molecule has 1 atom stereocenters. The van der Waals surface area contributed by atoms with Crippen molar-refractivity contribution in [2.45, 2.75) is 26.4 Å². The fourth-order valence-electron chi connectivity index (χ4n) is 2.40. The number of carbonyl (C=O) groups is 2. The smallest absolute Gasteiger partial charge is 0.310 e. The number of non-ortho nitro benzene ring substituents is 1. The third-order valence-corrected chi connectivity index (χ3v) is 3.99. The average molecular weight is 402 g/mol. The van der Waals surface area contributed by atoms with Gasteiger partial charge in [-0.25, -0.2) is 0 Å². The highest BCUT2D eigenvalue weighted by molar-refractivity contribution is 5.96. The van der Waals surface area contributed by atoms with Crippen molar-refractivity contribution >= 4 is 23.3 Å². The third kappa shape index (κ3) is 6.20. The standard InChI is InChI=1S/C20H22N2O7/c1-13-6-4-5-7-17(13)28-11-10-19(23)29-14(2)20(24)21-16-9-8-15(22(25)26)12-18(16)27-3/h4-9,12,14H,10-11H2,1-3H3,(H,21,24)/t14-/m1/s1. The predicted octanol–water partition coefficient (Wildman–Crippen LogP) is 3.25. The van der Waals surface area contributed by atoms with Gasteiger partial charge < -0.3 is 19.5 Å². The number of nitro benzene ring substituents is 1. The Kier molecular flexibility index (Phi) is 7.53. The molecular formula is C20H22N2O7. The Bertz CT molecular complexity index is 898. The minimum absolute atomic E-state index is 0.0210. The number of para-hydroxylation sites is 1. The molecule has 2 aromatic carbocycles. The molecule has 29 heavy (non-hydrogen) atoms. The van der Waals surface area contributed by atoms with Crippen molar-refractivity contribution in [3.8, 4) is 11.5 Å². The van der Waals surface area contributed by atoms with Crippen LogP contribution in [-0.2, 0) is 14.3 Å². The second kappa shape index (κ2) is 10.1. The summed E-state index contributed by atoms with van der Waals surface area (Å²) in [6.07, 6.45) is -1.09. The van der Waals surface area contributed by atoms with E-state index in [0.29, 0.717) is 5.75 Å². The van der Waals surface area contributed by atoms with Crippen LogP contribution < -0.4 is 14.8 Å². The molecule has 0 heterocycles. The summed E-state index contributed by atoms with van der Waals surface area (Å²) in [5.41, 5.74) is 1.01. The van der Waals surface area contributed by atoms with E-state index in [9.17, 15) is 19.7 Å². The normalized spacial score (nSPS) is 11.3. The summed E-state index contributed by atoms with van der Waals surface area (Å²) in [5.74, 6) is -0.378. The second-order valence-electron chi connectivity index (χ2n) is 6.13. The highest BCUT2D eigenvalue weighted by atomic mass is 16.6. The molecule has 9 heteroatoms. The fourth-order valence-corrected chi connectivity index (χ4v) is 2.40. The first-order valence-electron chi connectivity index (χ1n) is 8.83. The van der Waals surface area contributed by atoms with Crippen LogP contribution in [-0.4, -0.2) is 36.6 Å². The predicted molar refractivity (Wildman–Crippen MR) is 105 cm³/mol. The quantitative estimate of drug-likeness (QED) is 0.389. The van der Waals surface area contributed by atoms with Gasteiger partial charge in [0.05, 0.1) is 36.8 Å². The van der Waals surface area contributed by atoms with E-state index in [-0.39, 0.29) is 30.2 Å². The number of rotatable bonds is 9. The molecule has 0 aliphatic heterocycles. The average Bonchev–Trinajstić information content (AvgIpc) is 2.69. The van der Waals surface area contributed by atoms with E-state index in [0.717, 1.165) is 5.56 Å². The summed E-state index contributed by atoms with van der Waals surface area (Å²) in [6.45, 7) is 3.44. The zero-order valence-electron chi connectivity index (χ0n) is 16.3. The minimum Gasteiger partial charge on any atom is -0.494 e. The van der Waals surface area contributed by atoms with Gasteiger partial charge in [-0.1, -0.05) is 18.2 Å². The number of benzene rings is 2. The molecule has 9 nitrogen and oxygen atoms in total. The number of anilines is 1. The molecule has 0 aromatic heterocycles. The van der Waals surface area contributed by atoms with Crippen LogP contribution in [0.5, 0.6) is 11.5 Å². The Morgan fingerprint density at radius 2 is 1.90 bits per heavy atom. The van der Waals surface area contributed by atoms with Gasteiger partial charge in [-0.15, -0.1) is 0 Å². The number of ether oxygens (including phenoxy) is 3. The third-order valence-electron chi connectivity index (χ3n) is 3.99. The molecule has 0 radical (unpaired) electrons. The Balaban J connectivity index is 1.86. The molecule has 1 N–H and O–H groups in total. The molecule has 2 rings (SSSR count). The number of nitro groups is 1. The highest BCUT2D eigenvalue weighted by Crippen LogP contribution is 2.29. The van der Waals surface area contributed by atoms with Crippen LogP contribution in [0, 0.1) is 17.0 Å². The molecular weight excluding hydrogens is 380 g/mol. The van der Waals surface area contributed by atoms with Gasteiger partial charge in [0, 0.05) is 6.07 Å². The maximum Gasteiger partial charge on any atom is 0.310 e. The van der Waals surface area contributed by atoms with Gasteiger partial charge in [-0.3, -0.25) is 19.7 Å². The summed E-state index contributed by atoms with van der Waals surface area (Å²) < 4.78 is 15.7. The minimum atomic E-state index is -1.07. The number of nitrogens with one attached hydrogen (secondary N) is 1. The van der Waals surface area contributed by atoms with E-state index in [4.69, 9.17) is 14.2 Å². The van der Waals surface area contributed by atoms with E-state index in [1.165, 1.54) is 32.2 Å². The number of hydrogen-bond acceptors (Lipinski definition) is 7. The number of hydrogen-bond donors (Lipinski definition) is 1. The van der Waals surface area contributed by atoms with Crippen LogP contribution in [0.1, 0.15) is 18.9 Å². The van der Waals surface area contributed by atoms with Gasteiger partial charge in [0.15, 0.2) is 6.10 Å². The Labute approximate surface area is 167 Å². The van der Waals surface area contributed by atoms with Crippen LogP contribution in [0.2, 0.25) is 0 Å². The van der Waals surface area contributed by atoms with Gasteiger partial charge in [-0.2, -0.15) is 0 Å². The van der Waals surface area contributed by atoms with Gasteiger partial charge in [-0.05, 0) is 31.5 Å². The summed E-state index contributed by atoms with van der Waals surface area (Å²) in [4.78, 5) is 34.5. The lowest BCUT2D eigenvalue weighted by molar-refractivity contribution is -0.384. The number of esters is 1. The van der Waals surface area contributed by atoms with E-state index in [1.807, 2.05) is 25.1 Å². The molecule has 0 bridgehead atoms. The van der Waals surface area contributed by atoms with Crippen molar-refractivity contribution in [2.24, 2.45) is 0 Å². The number of nitrogens with zero attached hydrogens (tertiary/aromatic N) is 1. The fraction of sp³-hybridized carbons (Fsp3) is 0.300. The molecule has 0 saturated carbocycles. The molecule has 2 aromatic rings. The van der Waals surface area contributed by atoms with Crippen LogP contribution >= 0.6 is 0 Å². The summed E-state index contributed by atoms with van der Waals surface area (Å²) in [6, 6.07) is 11.2. The van der Waals surface area contributed by atoms with E-state index in [2.05, 4.69) is 5.32 Å². The lowest BCUT2D eigenvalue weighted by Gasteiger charge is -2.15. The van der Waals surface area contributed by atoms with Gasteiger partial charge in [0.25, 0.3) is 11.6 Å². The molecule has 0 aliphatic carbocycles. The van der Waals surface area contributed by atoms with E-state index < -0.39 is 22.9 Å². The topological polar surface area (TPSA) is 117 Å². The lowest BCUT2D eigenvalue weighted by atomic mass is 10.2. The molecule has 0 spiro atoms. The monoisotopic (exact) mass is 402 g/mol. The van der Waals surface area contributed by atoms with Crippen molar-refractivity contribution < 1.29 is 28.7 Å². The van der Waals surface area contributed by atoms with Crippen molar-refractivity contribution in [3.63, 3.8) is 0 Å². The molecule has 0 aliphatic rings. The van der Waals surface area contributed by atoms with Crippen LogP contribution in [0.15, 0.2) is 42.5 Å². The van der Waals surface area contributed by atoms with Crippen LogP contribution in [0.4, 0.5) is 11.4 Å². The van der Waals surface area contributed by atoms with Crippen molar-refractivity contribution in [3.05, 3.63) is 58.1 Å². The van der Waals surface area contributed by atoms with Crippen LogP contribution in [0.3, 0.4) is 0 Å². The van der Waals surface area contributed by atoms with E-state index >= 15 is 0 Å².